The molecule has 0 N–H and O–H groups in total. The molecular formula is C14H16BrF3O. The van der Waals surface area contributed by atoms with Gasteiger partial charge in [-0.2, -0.15) is 13.2 Å². The molecule has 0 atom stereocenters. The van der Waals surface area contributed by atoms with E-state index in [-0.39, 0.29) is 21.7 Å². The van der Waals surface area contributed by atoms with Crippen molar-refractivity contribution in [1.82, 2.24) is 0 Å². The van der Waals surface area contributed by atoms with Crippen LogP contribution in [0.4, 0.5) is 13.2 Å². The average Bonchev–Trinajstić information content (AvgIpc) is 2.34. The van der Waals surface area contributed by atoms with E-state index in [1.165, 1.54) is 12.1 Å². The average molecular weight is 337 g/mol. The lowest BCUT2D eigenvalue weighted by molar-refractivity contribution is -0.138. The molecule has 0 saturated carbocycles. The van der Waals surface area contributed by atoms with Crippen molar-refractivity contribution in [3.63, 3.8) is 0 Å². The van der Waals surface area contributed by atoms with Crippen LogP contribution in [0.1, 0.15) is 49.0 Å². The zero-order valence-corrected chi connectivity index (χ0v) is 12.4. The molecule has 0 fully saturated rings. The summed E-state index contributed by atoms with van der Waals surface area (Å²) in [6.07, 6.45) is -2.45. The summed E-state index contributed by atoms with van der Waals surface area (Å²) in [5, 5.41) is 0. The number of halogens is 4. The highest BCUT2D eigenvalue weighted by Gasteiger charge is 2.33. The maximum absolute atomic E-state index is 12.7. The molecular weight excluding hydrogens is 321 g/mol. The summed E-state index contributed by atoms with van der Waals surface area (Å²) in [5.41, 5.74) is -0.676. The molecule has 0 saturated heterocycles. The second kappa shape index (κ2) is 6.55. The monoisotopic (exact) mass is 336 g/mol. The Kier molecular flexibility index (Phi) is 5.59. The molecule has 106 valence electrons. The van der Waals surface area contributed by atoms with E-state index in [0.717, 1.165) is 18.9 Å². The van der Waals surface area contributed by atoms with E-state index in [1.807, 2.05) is 13.8 Å². The molecule has 0 spiro atoms. The first-order valence-corrected chi connectivity index (χ1v) is 6.98. The second-order valence-electron chi connectivity index (χ2n) is 4.50. The molecule has 0 heterocycles. The van der Waals surface area contributed by atoms with Crippen LogP contribution in [0, 0.1) is 5.92 Å². The minimum Gasteiger partial charge on any atom is -0.294 e. The van der Waals surface area contributed by atoms with Gasteiger partial charge in [0.25, 0.3) is 0 Å². The highest BCUT2D eigenvalue weighted by atomic mass is 79.9. The molecule has 0 aromatic heterocycles. The van der Waals surface area contributed by atoms with E-state index >= 15 is 0 Å². The second-order valence-corrected chi connectivity index (χ2v) is 5.36. The molecule has 0 amide bonds. The van der Waals surface area contributed by atoms with Gasteiger partial charge in [0.1, 0.15) is 0 Å². The van der Waals surface area contributed by atoms with Crippen molar-refractivity contribution in [2.75, 3.05) is 0 Å². The van der Waals surface area contributed by atoms with Crippen LogP contribution in [0.25, 0.3) is 0 Å². The van der Waals surface area contributed by atoms with Crippen LogP contribution in [0.15, 0.2) is 22.7 Å². The first kappa shape index (κ1) is 16.2. The van der Waals surface area contributed by atoms with Gasteiger partial charge in [0.05, 0.1) is 5.56 Å². The van der Waals surface area contributed by atoms with Crippen LogP contribution in [0.3, 0.4) is 0 Å². The Morgan fingerprint density at radius 1 is 1.26 bits per heavy atom. The fraction of sp³-hybridized carbons (Fsp3) is 0.500. The van der Waals surface area contributed by atoms with Gasteiger partial charge in [-0.1, -0.05) is 48.7 Å². The summed E-state index contributed by atoms with van der Waals surface area (Å²) < 4.78 is 38.2. The summed E-state index contributed by atoms with van der Waals surface area (Å²) in [5.74, 6) is -0.00261. The van der Waals surface area contributed by atoms with Crippen LogP contribution >= 0.6 is 15.9 Å². The van der Waals surface area contributed by atoms with E-state index in [4.69, 9.17) is 0 Å². The number of rotatable bonds is 5. The van der Waals surface area contributed by atoms with Gasteiger partial charge in [0, 0.05) is 16.5 Å². The Labute approximate surface area is 119 Å². The Hall–Kier alpha value is -0.840. The third kappa shape index (κ3) is 4.34. The fourth-order valence-electron chi connectivity index (χ4n) is 1.87. The Morgan fingerprint density at radius 2 is 1.84 bits per heavy atom. The number of alkyl halides is 3. The minimum absolute atomic E-state index is 0.0425. The number of Topliss-reactive ketones (excluding diaryl/α,β-unsaturated/α-hetero) is 1. The summed E-state index contributed by atoms with van der Waals surface area (Å²) >= 11 is 2.86. The number of carbonyl (C=O) groups is 1. The number of carbonyl (C=O) groups excluding carboxylic acids is 1. The van der Waals surface area contributed by atoms with Gasteiger partial charge in [0.15, 0.2) is 5.78 Å². The molecule has 0 aliphatic heterocycles. The lowest BCUT2D eigenvalue weighted by atomic mass is 9.93. The first-order valence-electron chi connectivity index (χ1n) is 6.19. The van der Waals surface area contributed by atoms with Crippen LogP contribution in [-0.4, -0.2) is 5.78 Å². The summed E-state index contributed by atoms with van der Waals surface area (Å²) in [6.45, 7) is 3.95. The van der Waals surface area contributed by atoms with E-state index in [0.29, 0.717) is 6.42 Å². The van der Waals surface area contributed by atoms with Crippen molar-refractivity contribution in [2.24, 2.45) is 5.92 Å². The lowest BCUT2D eigenvalue weighted by Gasteiger charge is -2.13. The van der Waals surface area contributed by atoms with Gasteiger partial charge < -0.3 is 0 Å². The molecule has 1 nitrogen and oxygen atoms in total. The number of benzene rings is 1. The highest BCUT2D eigenvalue weighted by molar-refractivity contribution is 9.10. The summed E-state index contributed by atoms with van der Waals surface area (Å²) in [4.78, 5) is 12.0. The molecule has 19 heavy (non-hydrogen) atoms. The van der Waals surface area contributed by atoms with Crippen molar-refractivity contribution in [3.05, 3.63) is 33.8 Å². The Morgan fingerprint density at radius 3 is 2.32 bits per heavy atom. The Bertz CT molecular complexity index is 450. The SMILES string of the molecule is CCC(CC)CC(=O)c1ccc(Br)c(C(F)(F)F)c1. The van der Waals surface area contributed by atoms with Crippen molar-refractivity contribution in [1.29, 1.82) is 0 Å². The molecule has 0 aliphatic carbocycles. The number of ketones is 1. The van der Waals surface area contributed by atoms with Crippen LogP contribution in [0.5, 0.6) is 0 Å². The molecule has 0 unspecified atom stereocenters. The van der Waals surface area contributed by atoms with Gasteiger partial charge in [-0.05, 0) is 18.1 Å². The van der Waals surface area contributed by atoms with Gasteiger partial charge in [0.2, 0.25) is 0 Å². The maximum atomic E-state index is 12.7. The molecule has 1 aromatic carbocycles. The molecule has 0 bridgehead atoms. The third-order valence-corrected chi connectivity index (χ3v) is 3.91. The quantitative estimate of drug-likeness (QED) is 0.651. The molecule has 5 heteroatoms. The molecule has 1 rings (SSSR count). The zero-order chi connectivity index (χ0) is 14.6. The van der Waals surface area contributed by atoms with Crippen molar-refractivity contribution >= 4 is 21.7 Å². The topological polar surface area (TPSA) is 17.1 Å². The van der Waals surface area contributed by atoms with Gasteiger partial charge in [-0.3, -0.25) is 4.79 Å². The highest BCUT2D eigenvalue weighted by Crippen LogP contribution is 2.35. The fourth-order valence-corrected chi connectivity index (χ4v) is 2.34. The van der Waals surface area contributed by atoms with E-state index in [2.05, 4.69) is 15.9 Å². The van der Waals surface area contributed by atoms with E-state index in [1.54, 1.807) is 0 Å². The van der Waals surface area contributed by atoms with Crippen LogP contribution < -0.4 is 0 Å². The van der Waals surface area contributed by atoms with Crippen molar-refractivity contribution in [3.8, 4) is 0 Å². The number of hydrogen-bond acceptors (Lipinski definition) is 1. The Balaban J connectivity index is 2.99. The van der Waals surface area contributed by atoms with E-state index in [9.17, 15) is 18.0 Å². The normalized spacial score (nSPS) is 11.9. The van der Waals surface area contributed by atoms with Gasteiger partial charge in [-0.15, -0.1) is 0 Å². The standard InChI is InChI=1S/C14H16BrF3O/c1-3-9(4-2)7-13(19)10-5-6-12(15)11(8-10)14(16,17)18/h5-6,8-9H,3-4,7H2,1-2H3. The summed E-state index contributed by atoms with van der Waals surface area (Å²) in [6, 6.07) is 3.64. The minimum atomic E-state index is -4.45. The van der Waals surface area contributed by atoms with Crippen molar-refractivity contribution in [2.45, 2.75) is 39.3 Å². The predicted molar refractivity (Wildman–Crippen MR) is 72.2 cm³/mol. The largest absolute Gasteiger partial charge is 0.417 e. The van der Waals surface area contributed by atoms with Crippen LogP contribution in [-0.2, 0) is 6.18 Å². The lowest BCUT2D eigenvalue weighted by Crippen LogP contribution is -2.11. The zero-order valence-electron chi connectivity index (χ0n) is 10.9. The predicted octanol–water partition coefficient (Wildman–Crippen LogP) is 5.48. The maximum Gasteiger partial charge on any atom is 0.417 e. The van der Waals surface area contributed by atoms with Crippen LogP contribution in [0.2, 0.25) is 0 Å². The molecule has 1 aromatic rings. The molecule has 0 radical (unpaired) electrons. The number of hydrogen-bond donors (Lipinski definition) is 0. The van der Waals surface area contributed by atoms with Gasteiger partial charge in [-0.25, -0.2) is 0 Å². The van der Waals surface area contributed by atoms with E-state index < -0.39 is 11.7 Å². The smallest absolute Gasteiger partial charge is 0.294 e. The third-order valence-electron chi connectivity index (χ3n) is 3.22. The summed E-state index contributed by atoms with van der Waals surface area (Å²) in [7, 11) is 0. The van der Waals surface area contributed by atoms with Crippen molar-refractivity contribution < 1.29 is 18.0 Å². The first-order chi connectivity index (χ1) is 8.79. The van der Waals surface area contributed by atoms with Gasteiger partial charge >= 0.3 is 6.18 Å². The molecule has 0 aliphatic rings.